The van der Waals surface area contributed by atoms with Crippen molar-refractivity contribution >= 4 is 17.9 Å². The van der Waals surface area contributed by atoms with Crippen molar-refractivity contribution in [2.24, 2.45) is 0 Å². The molecule has 6 nitrogen and oxygen atoms in total. The van der Waals surface area contributed by atoms with E-state index >= 15 is 0 Å². The van der Waals surface area contributed by atoms with Crippen LogP contribution >= 0.6 is 0 Å². The van der Waals surface area contributed by atoms with Crippen LogP contribution in [0.25, 0.3) is 0 Å². The highest BCUT2D eigenvalue weighted by Crippen LogP contribution is 2.18. The zero-order valence-electron chi connectivity index (χ0n) is 48.7. The Morgan fingerprint density at radius 1 is 0.278 bits per heavy atom. The van der Waals surface area contributed by atoms with Gasteiger partial charge in [0.05, 0.1) is 0 Å². The summed E-state index contributed by atoms with van der Waals surface area (Å²) < 4.78 is 17.0. The highest BCUT2D eigenvalue weighted by molar-refractivity contribution is 5.71. The van der Waals surface area contributed by atoms with Crippen molar-refractivity contribution in [3.63, 3.8) is 0 Å². The summed E-state index contributed by atoms with van der Waals surface area (Å²) in [7, 11) is 0. The van der Waals surface area contributed by atoms with E-state index in [1.54, 1.807) is 0 Å². The number of hydrogen-bond donors (Lipinski definition) is 0. The Bertz CT molecular complexity index is 1160. The third-order valence-electron chi connectivity index (χ3n) is 14.7. The molecule has 6 heteroatoms. The molecule has 0 aromatic carbocycles. The molecule has 0 fully saturated rings. The third-order valence-corrected chi connectivity index (χ3v) is 14.7. The highest BCUT2D eigenvalue weighted by atomic mass is 16.6. The molecule has 0 radical (unpaired) electrons. The van der Waals surface area contributed by atoms with Crippen LogP contribution in [0, 0.1) is 0 Å². The topological polar surface area (TPSA) is 78.9 Å². The number of ether oxygens (including phenoxy) is 3. The fraction of sp³-hybridized carbons (Fsp3) is 0.894. The summed E-state index contributed by atoms with van der Waals surface area (Å²) in [4.78, 5) is 38.3. The van der Waals surface area contributed by atoms with Gasteiger partial charge in [0.1, 0.15) is 13.2 Å². The second-order valence-electron chi connectivity index (χ2n) is 22.0. The average Bonchev–Trinajstić information content (AvgIpc) is 3.38. The van der Waals surface area contributed by atoms with Crippen LogP contribution in [-0.4, -0.2) is 37.2 Å². The lowest BCUT2D eigenvalue weighted by Crippen LogP contribution is -2.30. The molecule has 0 aliphatic heterocycles. The molecule has 0 aliphatic rings. The molecule has 0 saturated carbocycles. The summed E-state index contributed by atoms with van der Waals surface area (Å²) in [5, 5.41) is 0. The molecule has 424 valence electrons. The molecule has 1 unspecified atom stereocenters. The molecule has 0 amide bonds. The van der Waals surface area contributed by atoms with E-state index in [9.17, 15) is 14.4 Å². The van der Waals surface area contributed by atoms with E-state index in [-0.39, 0.29) is 31.1 Å². The van der Waals surface area contributed by atoms with Crippen molar-refractivity contribution in [1.29, 1.82) is 0 Å². The third kappa shape index (κ3) is 58.8. The number of rotatable bonds is 60. The smallest absolute Gasteiger partial charge is 0.306 e. The van der Waals surface area contributed by atoms with Crippen LogP contribution in [0.15, 0.2) is 24.3 Å². The molecular formula is C66H124O6. The van der Waals surface area contributed by atoms with Crippen molar-refractivity contribution in [2.45, 2.75) is 367 Å². The van der Waals surface area contributed by atoms with Gasteiger partial charge in [-0.05, 0) is 51.4 Å². The zero-order valence-corrected chi connectivity index (χ0v) is 48.7. The first kappa shape index (κ1) is 69.9. The van der Waals surface area contributed by atoms with Gasteiger partial charge in [-0.15, -0.1) is 0 Å². The van der Waals surface area contributed by atoms with Crippen LogP contribution in [0.5, 0.6) is 0 Å². The van der Waals surface area contributed by atoms with Crippen LogP contribution in [0.4, 0.5) is 0 Å². The van der Waals surface area contributed by atoms with Gasteiger partial charge in [-0.25, -0.2) is 0 Å². The average molecular weight is 1010 g/mol. The number of unbranched alkanes of at least 4 members (excludes halogenated alkanes) is 45. The van der Waals surface area contributed by atoms with Gasteiger partial charge in [0.25, 0.3) is 0 Å². The van der Waals surface area contributed by atoms with Gasteiger partial charge in [-0.1, -0.05) is 315 Å². The summed E-state index contributed by atoms with van der Waals surface area (Å²) in [5.41, 5.74) is 0. The summed E-state index contributed by atoms with van der Waals surface area (Å²) >= 11 is 0. The van der Waals surface area contributed by atoms with E-state index in [1.807, 2.05) is 0 Å². The fourth-order valence-electron chi connectivity index (χ4n) is 9.83. The molecule has 0 spiro atoms. The Hall–Kier alpha value is -2.11. The Kier molecular flexibility index (Phi) is 59.6. The van der Waals surface area contributed by atoms with E-state index in [0.717, 1.165) is 64.2 Å². The first-order valence-corrected chi connectivity index (χ1v) is 32.3. The first-order valence-electron chi connectivity index (χ1n) is 32.3. The summed E-state index contributed by atoms with van der Waals surface area (Å²) in [5.74, 6) is -0.842. The lowest BCUT2D eigenvalue weighted by molar-refractivity contribution is -0.167. The standard InChI is InChI=1S/C66H124O6/c1-4-7-10-13-16-19-22-25-28-30-32-33-35-36-38-41-44-47-50-53-56-59-65(68)71-62-63(61-70-64(67)58-55-52-49-46-43-40-27-24-21-18-15-12-9-6-3)72-66(69)60-57-54-51-48-45-42-39-37-34-31-29-26-23-20-17-14-11-8-5-2/h22,25,30,32,63H,4-21,23-24,26-29,31,33-62H2,1-3H3/b25-22-,32-30-. The minimum absolute atomic E-state index is 0.0662. The lowest BCUT2D eigenvalue weighted by atomic mass is 10.0. The predicted octanol–water partition coefficient (Wildman–Crippen LogP) is 21.8. The van der Waals surface area contributed by atoms with Gasteiger partial charge in [0, 0.05) is 19.3 Å². The van der Waals surface area contributed by atoms with Crippen LogP contribution in [-0.2, 0) is 28.6 Å². The number of esters is 3. The molecule has 0 aliphatic carbocycles. The maximum atomic E-state index is 12.9. The van der Waals surface area contributed by atoms with Gasteiger partial charge >= 0.3 is 17.9 Å². The molecule has 1 atom stereocenters. The van der Waals surface area contributed by atoms with Crippen molar-refractivity contribution in [3.05, 3.63) is 24.3 Å². The monoisotopic (exact) mass is 1010 g/mol. The van der Waals surface area contributed by atoms with E-state index < -0.39 is 6.10 Å². The van der Waals surface area contributed by atoms with Gasteiger partial charge < -0.3 is 14.2 Å². The Labute approximate surface area is 449 Å². The molecule has 0 aromatic heterocycles. The molecule has 72 heavy (non-hydrogen) atoms. The maximum absolute atomic E-state index is 12.9. The minimum Gasteiger partial charge on any atom is -0.462 e. The lowest BCUT2D eigenvalue weighted by Gasteiger charge is -2.18. The van der Waals surface area contributed by atoms with Crippen LogP contribution < -0.4 is 0 Å². The maximum Gasteiger partial charge on any atom is 0.306 e. The molecule has 0 aromatic rings. The Morgan fingerprint density at radius 2 is 0.500 bits per heavy atom. The predicted molar refractivity (Wildman–Crippen MR) is 312 cm³/mol. The van der Waals surface area contributed by atoms with Crippen molar-refractivity contribution in [3.8, 4) is 0 Å². The summed E-state index contributed by atoms with van der Waals surface area (Å²) in [6.45, 7) is 6.70. The molecular weight excluding hydrogens is 889 g/mol. The first-order chi connectivity index (χ1) is 35.5. The number of carbonyl (C=O) groups excluding carboxylic acids is 3. The van der Waals surface area contributed by atoms with Crippen molar-refractivity contribution in [2.75, 3.05) is 13.2 Å². The molecule has 0 N–H and O–H groups in total. The quantitative estimate of drug-likeness (QED) is 0.0261. The largest absolute Gasteiger partial charge is 0.462 e. The van der Waals surface area contributed by atoms with Crippen LogP contribution in [0.1, 0.15) is 361 Å². The van der Waals surface area contributed by atoms with Gasteiger partial charge in [0.2, 0.25) is 0 Å². The molecule has 0 rings (SSSR count). The van der Waals surface area contributed by atoms with E-state index in [2.05, 4.69) is 45.1 Å². The van der Waals surface area contributed by atoms with Crippen molar-refractivity contribution < 1.29 is 28.6 Å². The Balaban J connectivity index is 4.29. The Morgan fingerprint density at radius 3 is 0.764 bits per heavy atom. The molecule has 0 heterocycles. The van der Waals surface area contributed by atoms with Gasteiger partial charge in [-0.3, -0.25) is 14.4 Å². The van der Waals surface area contributed by atoms with Crippen LogP contribution in [0.2, 0.25) is 0 Å². The summed E-state index contributed by atoms with van der Waals surface area (Å²) in [6, 6.07) is 0. The second kappa shape index (κ2) is 61.4. The van der Waals surface area contributed by atoms with E-state index in [4.69, 9.17) is 14.2 Å². The molecule has 0 saturated heterocycles. The zero-order chi connectivity index (χ0) is 52.2. The van der Waals surface area contributed by atoms with Crippen molar-refractivity contribution in [1.82, 2.24) is 0 Å². The minimum atomic E-state index is -0.769. The van der Waals surface area contributed by atoms with Gasteiger partial charge in [-0.2, -0.15) is 0 Å². The second-order valence-corrected chi connectivity index (χ2v) is 22.0. The summed E-state index contributed by atoms with van der Waals surface area (Å²) in [6.07, 6.45) is 73.2. The number of allylic oxidation sites excluding steroid dienone is 4. The SMILES string of the molecule is CCCCCCC/C=C\C/C=C\CCCCCCCCCCCC(=O)OCC(COC(=O)CCCCCCCCCCCCCCCC)OC(=O)CCCCCCCCCCCCCCCCCCCCC. The normalized spacial score (nSPS) is 12.1. The number of hydrogen-bond acceptors (Lipinski definition) is 6. The number of carbonyl (C=O) groups is 3. The van der Waals surface area contributed by atoms with Gasteiger partial charge in [0.15, 0.2) is 6.10 Å². The van der Waals surface area contributed by atoms with E-state index in [0.29, 0.717) is 19.3 Å². The van der Waals surface area contributed by atoms with E-state index in [1.165, 1.54) is 257 Å². The molecule has 0 bridgehead atoms. The highest BCUT2D eigenvalue weighted by Gasteiger charge is 2.19. The van der Waals surface area contributed by atoms with Crippen LogP contribution in [0.3, 0.4) is 0 Å². The fourth-order valence-corrected chi connectivity index (χ4v) is 9.83.